The second kappa shape index (κ2) is 8.69. The van der Waals surface area contributed by atoms with Gasteiger partial charge in [0, 0.05) is 25.2 Å². The molecular formula is C21H34N4O3. The molecule has 0 aromatic carbocycles. The van der Waals surface area contributed by atoms with Gasteiger partial charge in [0.25, 0.3) is 0 Å². The minimum atomic E-state index is -0.609. The minimum absolute atomic E-state index is 0.0905. The summed E-state index contributed by atoms with van der Waals surface area (Å²) in [6.07, 6.45) is 7.78. The molecule has 2 heterocycles. The highest BCUT2D eigenvalue weighted by atomic mass is 16.6. The molecule has 0 bridgehead atoms. The molecule has 1 aliphatic carbocycles. The molecule has 0 spiro atoms. The lowest BCUT2D eigenvalue weighted by Gasteiger charge is -2.31. The molecule has 3 fully saturated rings. The zero-order valence-corrected chi connectivity index (χ0v) is 17.4. The van der Waals surface area contributed by atoms with E-state index in [9.17, 15) is 14.9 Å². The first kappa shape index (κ1) is 20.9. The second-order valence-electron chi connectivity index (χ2n) is 9.40. The first-order valence-electron chi connectivity index (χ1n) is 10.7. The van der Waals surface area contributed by atoms with Crippen molar-refractivity contribution in [2.24, 2.45) is 0 Å². The summed E-state index contributed by atoms with van der Waals surface area (Å²) in [5.74, 6) is -0.108. The first-order valence-corrected chi connectivity index (χ1v) is 10.7. The van der Waals surface area contributed by atoms with Crippen LogP contribution in [0.25, 0.3) is 0 Å². The van der Waals surface area contributed by atoms with E-state index in [1.54, 1.807) is 9.80 Å². The van der Waals surface area contributed by atoms with E-state index in [0.29, 0.717) is 32.0 Å². The van der Waals surface area contributed by atoms with Crippen molar-refractivity contribution in [2.45, 2.75) is 102 Å². The van der Waals surface area contributed by atoms with E-state index in [2.05, 4.69) is 11.4 Å². The van der Waals surface area contributed by atoms with Crippen LogP contribution in [0.5, 0.6) is 0 Å². The Labute approximate surface area is 168 Å². The van der Waals surface area contributed by atoms with Crippen LogP contribution in [-0.4, -0.2) is 64.7 Å². The van der Waals surface area contributed by atoms with Crippen molar-refractivity contribution in [3.63, 3.8) is 0 Å². The number of ether oxygens (including phenoxy) is 1. The number of nitrogens with zero attached hydrogens (tertiary/aromatic N) is 3. The van der Waals surface area contributed by atoms with Crippen LogP contribution in [0.15, 0.2) is 0 Å². The van der Waals surface area contributed by atoms with Crippen molar-refractivity contribution in [3.05, 3.63) is 0 Å². The average molecular weight is 391 g/mol. The van der Waals surface area contributed by atoms with E-state index < -0.39 is 17.7 Å². The highest BCUT2D eigenvalue weighted by Gasteiger charge is 2.45. The zero-order chi connectivity index (χ0) is 20.3. The summed E-state index contributed by atoms with van der Waals surface area (Å²) in [7, 11) is 0. The lowest BCUT2D eigenvalue weighted by Crippen LogP contribution is -2.50. The first-order chi connectivity index (χ1) is 13.3. The molecule has 7 nitrogen and oxygen atoms in total. The summed E-state index contributed by atoms with van der Waals surface area (Å²) in [5.41, 5.74) is -0.609. The normalized spacial score (nSPS) is 29.0. The third kappa shape index (κ3) is 4.96. The maximum Gasteiger partial charge on any atom is 0.411 e. The fourth-order valence-electron chi connectivity index (χ4n) is 4.67. The predicted molar refractivity (Wildman–Crippen MR) is 105 cm³/mol. The number of amides is 2. The van der Waals surface area contributed by atoms with E-state index in [1.165, 1.54) is 19.3 Å². The summed E-state index contributed by atoms with van der Waals surface area (Å²) in [6, 6.07) is 1.86. The van der Waals surface area contributed by atoms with Crippen molar-refractivity contribution >= 4 is 12.0 Å². The Bertz CT molecular complexity index is 618. The molecule has 1 saturated carbocycles. The number of hydrogen-bond acceptors (Lipinski definition) is 5. The third-order valence-corrected chi connectivity index (χ3v) is 5.98. The van der Waals surface area contributed by atoms with Gasteiger partial charge in [0.2, 0.25) is 5.91 Å². The molecule has 3 rings (SSSR count). The number of nitriles is 1. The molecule has 0 aromatic rings. The third-order valence-electron chi connectivity index (χ3n) is 5.98. The van der Waals surface area contributed by atoms with E-state index in [0.717, 1.165) is 19.3 Å². The lowest BCUT2D eigenvalue weighted by molar-refractivity contribution is -0.135. The van der Waals surface area contributed by atoms with E-state index in [1.807, 2.05) is 20.8 Å². The van der Waals surface area contributed by atoms with Gasteiger partial charge >= 0.3 is 6.09 Å². The standard InChI is InChI=1S/C21H34N4O3/c1-21(2,3)28-20(27)25-14-16(23-15-8-5-4-6-9-15)12-18(25)19(26)24-11-7-10-17(24)13-22/h15-18,23H,4-12,14H2,1-3H3/t16-,17-,18-/m0/s1. The number of carbonyl (C=O) groups is 2. The van der Waals surface area contributed by atoms with Crippen molar-refractivity contribution < 1.29 is 14.3 Å². The molecule has 2 aliphatic heterocycles. The monoisotopic (exact) mass is 390 g/mol. The Morgan fingerprint density at radius 2 is 1.75 bits per heavy atom. The fraction of sp³-hybridized carbons (Fsp3) is 0.857. The van der Waals surface area contributed by atoms with Crippen molar-refractivity contribution in [3.8, 4) is 6.07 Å². The molecule has 0 aromatic heterocycles. The Morgan fingerprint density at radius 1 is 1.04 bits per heavy atom. The van der Waals surface area contributed by atoms with Crippen LogP contribution in [0.1, 0.15) is 72.1 Å². The Balaban J connectivity index is 1.72. The zero-order valence-electron chi connectivity index (χ0n) is 17.4. The molecule has 0 radical (unpaired) electrons. The molecule has 3 atom stereocenters. The summed E-state index contributed by atoms with van der Waals surface area (Å²) >= 11 is 0. The van der Waals surface area contributed by atoms with Gasteiger partial charge in [-0.1, -0.05) is 19.3 Å². The van der Waals surface area contributed by atoms with Gasteiger partial charge in [0.15, 0.2) is 0 Å². The molecule has 3 aliphatic rings. The van der Waals surface area contributed by atoms with Gasteiger partial charge < -0.3 is 15.0 Å². The summed E-state index contributed by atoms with van der Waals surface area (Å²) in [6.45, 7) is 6.58. The molecule has 156 valence electrons. The van der Waals surface area contributed by atoms with Gasteiger partial charge in [-0.05, 0) is 52.9 Å². The predicted octanol–water partition coefficient (Wildman–Crippen LogP) is 2.80. The van der Waals surface area contributed by atoms with E-state index in [-0.39, 0.29) is 18.0 Å². The summed E-state index contributed by atoms with van der Waals surface area (Å²) in [4.78, 5) is 29.3. The number of carbonyl (C=O) groups excluding carboxylic acids is 2. The lowest BCUT2D eigenvalue weighted by atomic mass is 9.94. The van der Waals surface area contributed by atoms with Gasteiger partial charge in [-0.3, -0.25) is 9.69 Å². The van der Waals surface area contributed by atoms with Crippen LogP contribution in [0.2, 0.25) is 0 Å². The van der Waals surface area contributed by atoms with Crippen molar-refractivity contribution in [2.75, 3.05) is 13.1 Å². The van der Waals surface area contributed by atoms with Crippen LogP contribution in [-0.2, 0) is 9.53 Å². The van der Waals surface area contributed by atoms with E-state index in [4.69, 9.17) is 4.74 Å². The minimum Gasteiger partial charge on any atom is -0.444 e. The summed E-state index contributed by atoms with van der Waals surface area (Å²) in [5, 5.41) is 13.0. The maximum atomic E-state index is 13.2. The molecule has 2 saturated heterocycles. The van der Waals surface area contributed by atoms with Gasteiger partial charge in [-0.25, -0.2) is 4.79 Å². The van der Waals surface area contributed by atoms with Gasteiger partial charge in [0.05, 0.1) is 6.07 Å². The molecular weight excluding hydrogens is 356 g/mol. The quantitative estimate of drug-likeness (QED) is 0.801. The fourth-order valence-corrected chi connectivity index (χ4v) is 4.67. The molecule has 2 amide bonds. The number of rotatable bonds is 3. The topological polar surface area (TPSA) is 85.7 Å². The Hall–Kier alpha value is -1.81. The largest absolute Gasteiger partial charge is 0.444 e. The second-order valence-corrected chi connectivity index (χ2v) is 9.40. The van der Waals surface area contributed by atoms with Gasteiger partial charge in [-0.2, -0.15) is 5.26 Å². The maximum absolute atomic E-state index is 13.2. The molecule has 1 N–H and O–H groups in total. The molecule has 28 heavy (non-hydrogen) atoms. The van der Waals surface area contributed by atoms with Crippen LogP contribution < -0.4 is 5.32 Å². The number of hydrogen-bond donors (Lipinski definition) is 1. The van der Waals surface area contributed by atoms with E-state index >= 15 is 0 Å². The smallest absolute Gasteiger partial charge is 0.411 e. The van der Waals surface area contributed by atoms with Gasteiger partial charge in [-0.15, -0.1) is 0 Å². The highest BCUT2D eigenvalue weighted by molar-refractivity contribution is 5.87. The van der Waals surface area contributed by atoms with Crippen molar-refractivity contribution in [1.29, 1.82) is 5.26 Å². The van der Waals surface area contributed by atoms with Crippen LogP contribution in [0.3, 0.4) is 0 Å². The molecule has 0 unspecified atom stereocenters. The highest BCUT2D eigenvalue weighted by Crippen LogP contribution is 2.28. The van der Waals surface area contributed by atoms with Crippen LogP contribution in [0.4, 0.5) is 4.79 Å². The van der Waals surface area contributed by atoms with Crippen LogP contribution in [0, 0.1) is 11.3 Å². The molecule has 7 heteroatoms. The summed E-state index contributed by atoms with van der Waals surface area (Å²) < 4.78 is 5.58. The Morgan fingerprint density at radius 3 is 2.39 bits per heavy atom. The van der Waals surface area contributed by atoms with Gasteiger partial charge in [0.1, 0.15) is 17.7 Å². The average Bonchev–Trinajstić information content (AvgIpc) is 3.27. The number of likely N-dealkylation sites (tertiary alicyclic amines) is 2. The van der Waals surface area contributed by atoms with Crippen molar-refractivity contribution in [1.82, 2.24) is 15.1 Å². The Kier molecular flexibility index (Phi) is 6.49. The number of nitrogens with one attached hydrogen (secondary N) is 1. The SMILES string of the molecule is CC(C)(C)OC(=O)N1C[C@@H](NC2CCCCC2)C[C@H]1C(=O)N1CCC[C@H]1C#N. The van der Waals surface area contributed by atoms with Crippen LogP contribution >= 0.6 is 0 Å².